The lowest BCUT2D eigenvalue weighted by Gasteiger charge is -2.12. The molecule has 0 saturated carbocycles. The summed E-state index contributed by atoms with van der Waals surface area (Å²) in [7, 11) is -2.16. The van der Waals surface area contributed by atoms with Crippen molar-refractivity contribution in [3.63, 3.8) is 0 Å². The highest BCUT2D eigenvalue weighted by molar-refractivity contribution is 9.11. The van der Waals surface area contributed by atoms with Crippen LogP contribution in [0.15, 0.2) is 54.7 Å². The minimum absolute atomic E-state index is 0.172. The molecule has 0 aromatic heterocycles. The summed E-state index contributed by atoms with van der Waals surface area (Å²) in [5.41, 5.74) is 0.398. The first-order valence-electron chi connectivity index (χ1n) is 5.65. The van der Waals surface area contributed by atoms with Gasteiger partial charge in [-0.2, -0.15) is 0 Å². The molecule has 0 atom stereocenters. The van der Waals surface area contributed by atoms with E-state index in [1.165, 1.54) is 19.2 Å². The number of hydrogen-bond acceptors (Lipinski definition) is 3. The van der Waals surface area contributed by atoms with E-state index in [0.717, 1.165) is 4.47 Å². The van der Waals surface area contributed by atoms with Gasteiger partial charge in [-0.15, -0.1) is 0 Å². The van der Waals surface area contributed by atoms with Crippen molar-refractivity contribution >= 4 is 63.5 Å². The van der Waals surface area contributed by atoms with Gasteiger partial charge >= 0.3 is 0 Å². The van der Waals surface area contributed by atoms with Crippen LogP contribution in [0.1, 0.15) is 0 Å². The van der Waals surface area contributed by atoms with Crippen molar-refractivity contribution in [2.45, 2.75) is 4.90 Å². The molecule has 0 aliphatic rings. The van der Waals surface area contributed by atoms with E-state index in [-0.39, 0.29) is 4.90 Å². The van der Waals surface area contributed by atoms with E-state index in [4.69, 9.17) is 4.74 Å². The third-order valence-corrected chi connectivity index (χ3v) is 5.72. The summed E-state index contributed by atoms with van der Waals surface area (Å²) in [6.45, 7) is 0. The lowest BCUT2D eigenvalue weighted by Crippen LogP contribution is -2.13. The van der Waals surface area contributed by atoms with E-state index in [2.05, 4.69) is 52.5 Å². The van der Waals surface area contributed by atoms with Crippen LogP contribution in [-0.2, 0) is 10.0 Å². The Hall–Kier alpha value is -0.570. The smallest absolute Gasteiger partial charge is 0.261 e. The van der Waals surface area contributed by atoms with Crippen LogP contribution >= 0.6 is 47.8 Å². The van der Waals surface area contributed by atoms with Gasteiger partial charge in [0, 0.05) is 15.0 Å². The number of methoxy groups -OCH3 is 1. The standard InChI is InChI=1S/C13H10Br3NO3S/c1-20-13-7-12(10(15)6-11(13)16)17-21(18,19)9-4-2-3-8(14)5-9/h2-7,17H,1H3. The van der Waals surface area contributed by atoms with Gasteiger partial charge in [0.05, 0.1) is 22.2 Å². The van der Waals surface area contributed by atoms with Crippen LogP contribution in [0.3, 0.4) is 0 Å². The van der Waals surface area contributed by atoms with E-state index in [9.17, 15) is 8.42 Å². The zero-order valence-corrected chi connectivity index (χ0v) is 16.3. The second kappa shape index (κ2) is 6.68. The summed E-state index contributed by atoms with van der Waals surface area (Å²) < 4.78 is 34.5. The van der Waals surface area contributed by atoms with Crippen LogP contribution in [0, 0.1) is 0 Å². The van der Waals surface area contributed by atoms with Gasteiger partial charge in [-0.25, -0.2) is 8.42 Å². The largest absolute Gasteiger partial charge is 0.495 e. The molecule has 0 saturated heterocycles. The molecule has 8 heteroatoms. The monoisotopic (exact) mass is 497 g/mol. The van der Waals surface area contributed by atoms with Crippen molar-refractivity contribution in [3.8, 4) is 5.75 Å². The van der Waals surface area contributed by atoms with Crippen molar-refractivity contribution in [2.24, 2.45) is 0 Å². The second-order valence-electron chi connectivity index (χ2n) is 4.03. The van der Waals surface area contributed by atoms with Crippen molar-refractivity contribution in [1.82, 2.24) is 0 Å². The molecule has 0 unspecified atom stereocenters. The van der Waals surface area contributed by atoms with Crippen LogP contribution < -0.4 is 9.46 Å². The predicted molar refractivity (Wildman–Crippen MR) is 93.3 cm³/mol. The van der Waals surface area contributed by atoms with E-state index in [1.54, 1.807) is 24.3 Å². The topological polar surface area (TPSA) is 55.4 Å². The predicted octanol–water partition coefficient (Wildman–Crippen LogP) is 4.78. The number of nitrogens with one attached hydrogen (secondary N) is 1. The van der Waals surface area contributed by atoms with Gasteiger partial charge in [0.1, 0.15) is 5.75 Å². The van der Waals surface area contributed by atoms with Gasteiger partial charge in [0.25, 0.3) is 10.0 Å². The first-order valence-corrected chi connectivity index (χ1v) is 9.51. The highest BCUT2D eigenvalue weighted by atomic mass is 79.9. The number of ether oxygens (including phenoxy) is 1. The highest BCUT2D eigenvalue weighted by Gasteiger charge is 2.17. The minimum atomic E-state index is -3.68. The molecule has 0 fully saturated rings. The molecule has 112 valence electrons. The minimum Gasteiger partial charge on any atom is -0.495 e. The molecule has 0 spiro atoms. The number of hydrogen-bond donors (Lipinski definition) is 1. The Balaban J connectivity index is 2.41. The second-order valence-corrected chi connectivity index (χ2v) is 8.34. The first kappa shape index (κ1) is 16.8. The fourth-order valence-corrected chi connectivity index (χ4v) is 4.65. The van der Waals surface area contributed by atoms with E-state index in [0.29, 0.717) is 20.4 Å². The van der Waals surface area contributed by atoms with Crippen LogP contribution in [0.2, 0.25) is 0 Å². The van der Waals surface area contributed by atoms with Crippen molar-refractivity contribution in [2.75, 3.05) is 11.8 Å². The van der Waals surface area contributed by atoms with Gasteiger partial charge in [-0.1, -0.05) is 22.0 Å². The Morgan fingerprint density at radius 3 is 2.38 bits per heavy atom. The summed E-state index contributed by atoms with van der Waals surface area (Å²) in [6, 6.07) is 9.80. The Labute approximate surface area is 148 Å². The zero-order chi connectivity index (χ0) is 15.6. The molecule has 2 rings (SSSR count). The summed E-state index contributed by atoms with van der Waals surface area (Å²) in [5.74, 6) is 0.533. The lowest BCUT2D eigenvalue weighted by atomic mass is 10.3. The molecule has 21 heavy (non-hydrogen) atoms. The van der Waals surface area contributed by atoms with Crippen LogP contribution in [0.4, 0.5) is 5.69 Å². The summed E-state index contributed by atoms with van der Waals surface area (Å²) in [5, 5.41) is 0. The average Bonchev–Trinajstić information content (AvgIpc) is 2.42. The Morgan fingerprint density at radius 1 is 1.05 bits per heavy atom. The van der Waals surface area contributed by atoms with Crippen LogP contribution in [-0.4, -0.2) is 15.5 Å². The fraction of sp³-hybridized carbons (Fsp3) is 0.0769. The van der Waals surface area contributed by atoms with Crippen molar-refractivity contribution in [1.29, 1.82) is 0 Å². The number of anilines is 1. The van der Waals surface area contributed by atoms with E-state index < -0.39 is 10.0 Å². The lowest BCUT2D eigenvalue weighted by molar-refractivity contribution is 0.412. The molecule has 2 aromatic carbocycles. The van der Waals surface area contributed by atoms with Gasteiger partial charge < -0.3 is 4.74 Å². The molecule has 0 aliphatic carbocycles. The summed E-state index contributed by atoms with van der Waals surface area (Å²) >= 11 is 9.92. The molecular formula is C13H10Br3NO3S. The third kappa shape index (κ3) is 4.00. The number of sulfonamides is 1. The molecule has 0 bridgehead atoms. The molecule has 0 amide bonds. The van der Waals surface area contributed by atoms with Crippen molar-refractivity contribution < 1.29 is 13.2 Å². The SMILES string of the molecule is COc1cc(NS(=O)(=O)c2cccc(Br)c2)c(Br)cc1Br. The van der Waals surface area contributed by atoms with Gasteiger partial charge in [0.2, 0.25) is 0 Å². The molecule has 0 radical (unpaired) electrons. The molecule has 0 aliphatic heterocycles. The summed E-state index contributed by atoms with van der Waals surface area (Å²) in [4.78, 5) is 0.172. The van der Waals surface area contributed by atoms with E-state index in [1.807, 2.05) is 0 Å². The maximum Gasteiger partial charge on any atom is 0.261 e. The maximum absolute atomic E-state index is 12.4. The number of halogens is 3. The molecule has 2 aromatic rings. The maximum atomic E-state index is 12.4. The summed E-state index contributed by atoms with van der Waals surface area (Å²) in [6.07, 6.45) is 0. The van der Waals surface area contributed by atoms with Crippen molar-refractivity contribution in [3.05, 3.63) is 49.8 Å². The Kier molecular flexibility index (Phi) is 5.34. The first-order chi connectivity index (χ1) is 9.83. The zero-order valence-electron chi connectivity index (χ0n) is 10.7. The molecule has 0 heterocycles. The molecule has 4 nitrogen and oxygen atoms in total. The highest BCUT2D eigenvalue weighted by Crippen LogP contribution is 2.35. The van der Waals surface area contributed by atoms with Crippen LogP contribution in [0.25, 0.3) is 0 Å². The van der Waals surface area contributed by atoms with Gasteiger partial charge in [-0.05, 0) is 56.1 Å². The molecular weight excluding hydrogens is 490 g/mol. The fourth-order valence-electron chi connectivity index (χ4n) is 1.60. The average molecular weight is 500 g/mol. The van der Waals surface area contributed by atoms with Crippen LogP contribution in [0.5, 0.6) is 5.75 Å². The third-order valence-electron chi connectivity index (χ3n) is 2.59. The Bertz CT molecular complexity index is 778. The van der Waals surface area contributed by atoms with Gasteiger partial charge in [0.15, 0.2) is 0 Å². The Morgan fingerprint density at radius 2 is 1.76 bits per heavy atom. The molecule has 1 N–H and O–H groups in total. The number of rotatable bonds is 4. The normalized spacial score (nSPS) is 11.2. The van der Waals surface area contributed by atoms with Gasteiger partial charge in [-0.3, -0.25) is 4.72 Å². The van der Waals surface area contributed by atoms with E-state index >= 15 is 0 Å². The number of benzene rings is 2. The quantitative estimate of drug-likeness (QED) is 0.658.